The van der Waals surface area contributed by atoms with Crippen LogP contribution in [0.3, 0.4) is 0 Å². The number of carbonyl (C=O) groups excluding carboxylic acids is 1. The van der Waals surface area contributed by atoms with Crippen LogP contribution in [-0.4, -0.2) is 24.2 Å². The quantitative estimate of drug-likeness (QED) is 0.0561. The monoisotopic (exact) mass is 589 g/mol. The molecule has 1 atom stereocenters. The molecule has 0 rings (SSSR count). The second kappa shape index (κ2) is 36.9. The molecular weight excluding hydrogens is 520 g/mol. The van der Waals surface area contributed by atoms with Crippen molar-refractivity contribution in [2.45, 2.75) is 168 Å². The van der Waals surface area contributed by atoms with E-state index in [4.69, 9.17) is 5.11 Å². The Morgan fingerprint density at radius 1 is 0.571 bits per heavy atom. The second-order valence-corrected chi connectivity index (χ2v) is 11.5. The summed E-state index contributed by atoms with van der Waals surface area (Å²) in [5.74, 6) is -0.935. The predicted octanol–water partition coefficient (Wildman–Crippen LogP) is 12.1. The topological polar surface area (TPSA) is 63.6 Å². The highest BCUT2D eigenvalue weighted by atomic mass is 16.5. The van der Waals surface area contributed by atoms with Gasteiger partial charge in [-0.3, -0.25) is 9.59 Å². The van der Waals surface area contributed by atoms with Gasteiger partial charge in [-0.05, 0) is 77.0 Å². The third kappa shape index (κ3) is 37.9. The molecule has 0 amide bonds. The van der Waals surface area contributed by atoms with Crippen molar-refractivity contribution in [3.8, 4) is 0 Å². The van der Waals surface area contributed by atoms with Gasteiger partial charge in [0, 0.05) is 6.42 Å². The number of hydrogen-bond acceptors (Lipinski definition) is 3. The van der Waals surface area contributed by atoms with E-state index in [1.165, 1.54) is 97.0 Å². The summed E-state index contributed by atoms with van der Waals surface area (Å²) in [5, 5.41) is 8.77. The fraction of sp³-hybridized carbons (Fsp3) is 0.737. The minimum absolute atomic E-state index is 0.0827. The van der Waals surface area contributed by atoms with Gasteiger partial charge in [0.15, 0.2) is 0 Å². The molecule has 0 aliphatic heterocycles. The number of carboxylic acid groups (broad SMARTS) is 1. The number of aliphatic carboxylic acids is 1. The first-order chi connectivity index (χ1) is 20.5. The Bertz CT molecular complexity index is 687. The first-order valence-corrected chi connectivity index (χ1v) is 17.4. The maximum absolute atomic E-state index is 10.9. The number of rotatable bonds is 28. The summed E-state index contributed by atoms with van der Waals surface area (Å²) in [6.07, 6.45) is 44.9. The molecule has 0 aliphatic carbocycles. The highest BCUT2D eigenvalue weighted by molar-refractivity contribution is 5.69. The molecule has 0 aliphatic rings. The van der Waals surface area contributed by atoms with E-state index in [1.807, 2.05) is 0 Å². The molecule has 1 unspecified atom stereocenters. The summed E-state index contributed by atoms with van der Waals surface area (Å²) in [5.41, 5.74) is 0. The van der Waals surface area contributed by atoms with Crippen molar-refractivity contribution in [3.05, 3.63) is 48.6 Å². The van der Waals surface area contributed by atoms with Crippen LogP contribution >= 0.6 is 0 Å². The summed E-state index contributed by atoms with van der Waals surface area (Å²) in [6, 6.07) is 0. The van der Waals surface area contributed by atoms with E-state index in [9.17, 15) is 9.59 Å². The van der Waals surface area contributed by atoms with Gasteiger partial charge >= 0.3 is 11.9 Å². The van der Waals surface area contributed by atoms with Crippen LogP contribution in [0.2, 0.25) is 0 Å². The van der Waals surface area contributed by atoms with Gasteiger partial charge in [0.2, 0.25) is 0 Å². The predicted molar refractivity (Wildman–Crippen MR) is 183 cm³/mol. The van der Waals surface area contributed by atoms with Gasteiger partial charge in [-0.2, -0.15) is 0 Å². The van der Waals surface area contributed by atoms with Crippen LogP contribution in [-0.2, 0) is 14.3 Å². The molecule has 0 saturated carbocycles. The molecule has 0 saturated heterocycles. The molecule has 0 bridgehead atoms. The Morgan fingerprint density at radius 2 is 0.952 bits per heavy atom. The van der Waals surface area contributed by atoms with Crippen LogP contribution in [0.1, 0.15) is 168 Å². The zero-order valence-electron chi connectivity index (χ0n) is 28.1. The molecule has 0 fully saturated rings. The van der Waals surface area contributed by atoms with Crippen molar-refractivity contribution in [1.82, 2.24) is 0 Å². The third-order valence-electron chi connectivity index (χ3n) is 7.32. The van der Waals surface area contributed by atoms with Crippen LogP contribution in [0.4, 0.5) is 0 Å². The number of carbonyl (C=O) groups is 2. The molecule has 0 aromatic carbocycles. The molecule has 0 aromatic rings. The number of esters is 1. The lowest BCUT2D eigenvalue weighted by molar-refractivity contribution is -0.142. The molecule has 42 heavy (non-hydrogen) atoms. The van der Waals surface area contributed by atoms with E-state index in [0.29, 0.717) is 6.42 Å². The summed E-state index contributed by atoms with van der Waals surface area (Å²) in [4.78, 5) is 21.6. The highest BCUT2D eigenvalue weighted by Crippen LogP contribution is 2.12. The first-order valence-electron chi connectivity index (χ1n) is 17.4. The number of unbranched alkanes of at least 4 members (excludes halogenated alkanes) is 15. The average Bonchev–Trinajstić information content (AvgIpc) is 2.99. The molecule has 1 N–H and O–H groups in total. The fourth-order valence-corrected chi connectivity index (χ4v) is 4.39. The summed E-state index contributed by atoms with van der Waals surface area (Å²) < 4.78 is 4.62. The molecule has 0 radical (unpaired) electrons. The Morgan fingerprint density at radius 3 is 1.36 bits per heavy atom. The Kier molecular flexibility index (Phi) is 37.0. The average molecular weight is 589 g/mol. The van der Waals surface area contributed by atoms with Gasteiger partial charge in [-0.1, -0.05) is 134 Å². The fourth-order valence-electron chi connectivity index (χ4n) is 4.39. The standard InChI is InChI=1S/2C19H34O2/c1-3-4-5-6-7-8-9-10-11-12-13-14-15-16-17-18-19(20)21-2;1-3-4-5-6-7-8-9-10-11-12-13-14-15-16-17-18(2)19(20)21/h7-8,10-11H,3-6,9,12-18H2,1-2H3;7-8,10-11,18H,3-6,9,12-17H2,1-2H3,(H,20,21). The molecular formula is C38H68O4. The van der Waals surface area contributed by atoms with Crippen molar-refractivity contribution in [1.29, 1.82) is 0 Å². The van der Waals surface area contributed by atoms with E-state index in [-0.39, 0.29) is 11.9 Å². The van der Waals surface area contributed by atoms with Crippen molar-refractivity contribution in [2.24, 2.45) is 5.92 Å². The van der Waals surface area contributed by atoms with Crippen LogP contribution in [0, 0.1) is 5.92 Å². The van der Waals surface area contributed by atoms with Gasteiger partial charge in [0.25, 0.3) is 0 Å². The molecule has 244 valence electrons. The lowest BCUT2D eigenvalue weighted by atomic mass is 10.0. The third-order valence-corrected chi connectivity index (χ3v) is 7.32. The maximum Gasteiger partial charge on any atom is 0.306 e. The number of carboxylic acids is 1. The molecule has 4 heteroatoms. The summed E-state index contributed by atoms with van der Waals surface area (Å²) in [6.45, 7) is 6.27. The SMILES string of the molecule is CCCCCC=CCC=CCCCCCCC(C)C(=O)O.CCCCCC=CCC=CCCCCCCCC(=O)OC. The van der Waals surface area contributed by atoms with E-state index < -0.39 is 5.97 Å². The summed E-state index contributed by atoms with van der Waals surface area (Å²) >= 11 is 0. The first kappa shape index (κ1) is 42.0. The number of ether oxygens (including phenoxy) is 1. The maximum atomic E-state index is 10.9. The van der Waals surface area contributed by atoms with Crippen LogP contribution in [0.15, 0.2) is 48.6 Å². The minimum atomic E-state index is -0.666. The molecule has 4 nitrogen and oxygen atoms in total. The Labute approximate surface area is 261 Å². The Balaban J connectivity index is 0. The van der Waals surface area contributed by atoms with Gasteiger partial charge in [0.05, 0.1) is 13.0 Å². The highest BCUT2D eigenvalue weighted by Gasteiger charge is 2.09. The van der Waals surface area contributed by atoms with Crippen LogP contribution < -0.4 is 0 Å². The van der Waals surface area contributed by atoms with Crippen LogP contribution in [0.25, 0.3) is 0 Å². The van der Waals surface area contributed by atoms with Crippen molar-refractivity contribution < 1.29 is 19.4 Å². The van der Waals surface area contributed by atoms with E-state index in [1.54, 1.807) is 6.92 Å². The molecule has 0 spiro atoms. The second-order valence-electron chi connectivity index (χ2n) is 11.5. The smallest absolute Gasteiger partial charge is 0.306 e. The van der Waals surface area contributed by atoms with Crippen LogP contribution in [0.5, 0.6) is 0 Å². The van der Waals surface area contributed by atoms with E-state index in [0.717, 1.165) is 51.4 Å². The number of hydrogen-bond donors (Lipinski definition) is 1. The lowest BCUT2D eigenvalue weighted by Gasteiger charge is -2.04. The minimum Gasteiger partial charge on any atom is -0.481 e. The zero-order chi connectivity index (χ0) is 31.4. The zero-order valence-corrected chi connectivity index (χ0v) is 28.1. The number of methoxy groups -OCH3 is 1. The number of allylic oxidation sites excluding steroid dienone is 8. The van der Waals surface area contributed by atoms with Crippen molar-refractivity contribution in [2.75, 3.05) is 7.11 Å². The van der Waals surface area contributed by atoms with Crippen molar-refractivity contribution >= 4 is 11.9 Å². The van der Waals surface area contributed by atoms with E-state index >= 15 is 0 Å². The summed E-state index contributed by atoms with van der Waals surface area (Å²) in [7, 11) is 1.45. The van der Waals surface area contributed by atoms with Gasteiger partial charge in [0.1, 0.15) is 0 Å². The van der Waals surface area contributed by atoms with Gasteiger partial charge in [-0.25, -0.2) is 0 Å². The van der Waals surface area contributed by atoms with Crippen molar-refractivity contribution in [3.63, 3.8) is 0 Å². The van der Waals surface area contributed by atoms with Gasteiger partial charge in [-0.15, -0.1) is 0 Å². The normalized spacial score (nSPS) is 12.4. The van der Waals surface area contributed by atoms with Gasteiger partial charge < -0.3 is 9.84 Å². The lowest BCUT2D eigenvalue weighted by Crippen LogP contribution is -2.08. The molecule has 0 aromatic heterocycles. The molecule has 0 heterocycles. The Hall–Kier alpha value is -2.10. The largest absolute Gasteiger partial charge is 0.481 e. The van der Waals surface area contributed by atoms with E-state index in [2.05, 4.69) is 67.2 Å².